The van der Waals surface area contributed by atoms with Crippen LogP contribution in [0.25, 0.3) is 0 Å². The number of hydrogen-bond donors (Lipinski definition) is 1. The van der Waals surface area contributed by atoms with Gasteiger partial charge in [0, 0.05) is 6.42 Å². The molecule has 2 aromatic carbocycles. The van der Waals surface area contributed by atoms with Crippen LogP contribution in [0.3, 0.4) is 0 Å². The molecule has 0 aromatic heterocycles. The Labute approximate surface area is 213 Å². The number of carbonyl (C=O) groups is 1. The second-order valence-corrected chi connectivity index (χ2v) is 12.0. The normalized spacial score (nSPS) is 16.4. The van der Waals surface area contributed by atoms with E-state index in [-0.39, 0.29) is 39.9 Å². The lowest BCUT2D eigenvalue weighted by Gasteiger charge is -2.40. The average molecular weight is 540 g/mol. The molecule has 0 unspecified atom stereocenters. The van der Waals surface area contributed by atoms with Gasteiger partial charge in [0.1, 0.15) is 17.4 Å². The molecule has 0 aliphatic carbocycles. The highest BCUT2D eigenvalue weighted by atomic mass is 32.2. The quantitative estimate of drug-likeness (QED) is 0.503. The number of fused-ring (bicyclic) bond motifs is 1. The maximum atomic E-state index is 13.8. The number of anilines is 2. The van der Waals surface area contributed by atoms with Crippen molar-refractivity contribution >= 4 is 27.5 Å². The van der Waals surface area contributed by atoms with Crippen molar-refractivity contribution < 1.29 is 36.2 Å². The van der Waals surface area contributed by atoms with Gasteiger partial charge in [0.2, 0.25) is 0 Å². The lowest BCUT2D eigenvalue weighted by Crippen LogP contribution is -2.57. The van der Waals surface area contributed by atoms with Crippen LogP contribution in [0.1, 0.15) is 39.7 Å². The number of benzene rings is 2. The van der Waals surface area contributed by atoms with E-state index in [4.69, 9.17) is 4.74 Å². The predicted molar refractivity (Wildman–Crippen MR) is 131 cm³/mol. The maximum Gasteiger partial charge on any atom is 0.412 e. The summed E-state index contributed by atoms with van der Waals surface area (Å²) in [7, 11) is -4.23. The molecule has 1 aliphatic heterocycles. The summed E-state index contributed by atoms with van der Waals surface area (Å²) < 4.78 is 75.7. The zero-order valence-electron chi connectivity index (χ0n) is 21.0. The van der Waals surface area contributed by atoms with Gasteiger partial charge in [-0.1, -0.05) is 17.7 Å². The Morgan fingerprint density at radius 3 is 2.27 bits per heavy atom. The SMILES string of the molecule is Cc1ccc(S(=O)(=O)N2C[C@H](CC(C)(C)C#N)Oc3ccc(N(C(=O)O)C(C)(C)C(F)(F)F)cc32)cc1. The first kappa shape index (κ1) is 28.1. The molecular weight excluding hydrogens is 511 g/mol. The number of halogens is 3. The molecule has 1 amide bonds. The highest BCUT2D eigenvalue weighted by Gasteiger charge is 2.54. The molecule has 0 fully saturated rings. The number of nitrogens with zero attached hydrogens (tertiary/aromatic N) is 3. The Morgan fingerprint density at radius 1 is 1.16 bits per heavy atom. The zero-order valence-corrected chi connectivity index (χ0v) is 21.8. The standard InChI is InChI=1S/C25H28F3N3O5S/c1-16-6-9-19(10-7-16)37(34,35)30-14-18(13-23(2,3)15-29)36-21-11-8-17(12-20(21)30)31(22(32)33)24(4,5)25(26,27)28/h6-12,18H,13-14H2,1-5H3,(H,32,33)/t18-/m0/s1. The van der Waals surface area contributed by atoms with Gasteiger partial charge in [0.25, 0.3) is 10.0 Å². The van der Waals surface area contributed by atoms with Crippen LogP contribution in [-0.4, -0.2) is 44.0 Å². The van der Waals surface area contributed by atoms with Crippen molar-refractivity contribution in [2.75, 3.05) is 15.7 Å². The first-order chi connectivity index (χ1) is 16.9. The summed E-state index contributed by atoms with van der Waals surface area (Å²) in [6.07, 6.45) is -7.34. The fourth-order valence-corrected chi connectivity index (χ4v) is 5.52. The Balaban J connectivity index is 2.19. The van der Waals surface area contributed by atoms with Crippen molar-refractivity contribution in [3.05, 3.63) is 48.0 Å². The topological polar surface area (TPSA) is 111 Å². The summed E-state index contributed by atoms with van der Waals surface area (Å²) in [6.45, 7) is 6.36. The summed E-state index contributed by atoms with van der Waals surface area (Å²) in [5, 5.41) is 19.1. The third-order valence-corrected chi connectivity index (χ3v) is 8.02. The Bertz CT molecular complexity index is 1330. The van der Waals surface area contributed by atoms with Gasteiger partial charge in [-0.25, -0.2) is 13.2 Å². The molecule has 200 valence electrons. The van der Waals surface area contributed by atoms with Crippen LogP contribution in [0, 0.1) is 23.7 Å². The van der Waals surface area contributed by atoms with Crippen LogP contribution in [0.5, 0.6) is 5.75 Å². The molecule has 2 aromatic rings. The average Bonchev–Trinajstić information content (AvgIpc) is 2.77. The minimum absolute atomic E-state index is 0.0413. The molecular formula is C25H28F3N3O5S. The number of amides is 1. The van der Waals surface area contributed by atoms with E-state index in [1.165, 1.54) is 18.2 Å². The van der Waals surface area contributed by atoms with Crippen molar-refractivity contribution in [2.24, 2.45) is 5.41 Å². The van der Waals surface area contributed by atoms with E-state index in [1.54, 1.807) is 32.9 Å². The van der Waals surface area contributed by atoms with E-state index >= 15 is 0 Å². The second kappa shape index (κ2) is 9.45. The zero-order chi connectivity index (χ0) is 28.0. The molecule has 0 radical (unpaired) electrons. The van der Waals surface area contributed by atoms with Crippen LogP contribution in [0.2, 0.25) is 0 Å². The first-order valence-electron chi connectivity index (χ1n) is 11.3. The summed E-state index contributed by atoms with van der Waals surface area (Å²) in [4.78, 5) is 12.1. The van der Waals surface area contributed by atoms with Gasteiger partial charge in [0.15, 0.2) is 0 Å². The van der Waals surface area contributed by atoms with Gasteiger partial charge in [-0.15, -0.1) is 0 Å². The molecule has 37 heavy (non-hydrogen) atoms. The molecule has 1 atom stereocenters. The minimum atomic E-state index is -4.92. The number of nitriles is 1. The summed E-state index contributed by atoms with van der Waals surface area (Å²) in [5.74, 6) is 0.0413. The Morgan fingerprint density at radius 2 is 1.76 bits per heavy atom. The molecule has 8 nitrogen and oxygen atoms in total. The van der Waals surface area contributed by atoms with E-state index < -0.39 is 39.4 Å². The van der Waals surface area contributed by atoms with E-state index in [0.29, 0.717) is 0 Å². The van der Waals surface area contributed by atoms with Gasteiger partial charge in [-0.2, -0.15) is 18.4 Å². The smallest absolute Gasteiger partial charge is 0.412 e. The van der Waals surface area contributed by atoms with Crippen LogP contribution in [-0.2, 0) is 10.0 Å². The molecule has 1 N–H and O–H groups in total. The Hall–Kier alpha value is -3.46. The molecule has 1 aliphatic rings. The number of carboxylic acid groups (broad SMARTS) is 1. The van der Waals surface area contributed by atoms with E-state index in [9.17, 15) is 36.8 Å². The molecule has 0 saturated carbocycles. The molecule has 1 heterocycles. The van der Waals surface area contributed by atoms with Crippen molar-refractivity contribution in [3.8, 4) is 11.8 Å². The van der Waals surface area contributed by atoms with Crippen LogP contribution >= 0.6 is 0 Å². The fraction of sp³-hybridized carbons (Fsp3) is 0.440. The number of alkyl halides is 3. The van der Waals surface area contributed by atoms with Crippen LogP contribution in [0.4, 0.5) is 29.3 Å². The largest absolute Gasteiger partial charge is 0.486 e. The highest BCUT2D eigenvalue weighted by molar-refractivity contribution is 7.92. The highest BCUT2D eigenvalue weighted by Crippen LogP contribution is 2.44. The van der Waals surface area contributed by atoms with E-state index in [1.807, 2.05) is 0 Å². The second-order valence-electron chi connectivity index (χ2n) is 10.1. The van der Waals surface area contributed by atoms with Gasteiger partial charge in [-0.05, 0) is 65.0 Å². The maximum absolute atomic E-state index is 13.8. The van der Waals surface area contributed by atoms with Crippen LogP contribution in [0.15, 0.2) is 47.4 Å². The lowest BCUT2D eigenvalue weighted by molar-refractivity contribution is -0.175. The first-order valence-corrected chi connectivity index (χ1v) is 12.8. The Kier molecular flexibility index (Phi) is 7.18. The predicted octanol–water partition coefficient (Wildman–Crippen LogP) is 5.72. The number of rotatable bonds is 6. The van der Waals surface area contributed by atoms with E-state index in [2.05, 4.69) is 6.07 Å². The van der Waals surface area contributed by atoms with Crippen molar-refractivity contribution in [1.82, 2.24) is 0 Å². The lowest BCUT2D eigenvalue weighted by atomic mass is 9.88. The van der Waals surface area contributed by atoms with Crippen molar-refractivity contribution in [3.63, 3.8) is 0 Å². The molecule has 3 rings (SSSR count). The van der Waals surface area contributed by atoms with Crippen LogP contribution < -0.4 is 13.9 Å². The number of sulfonamides is 1. The summed E-state index contributed by atoms with van der Waals surface area (Å²) >= 11 is 0. The molecule has 0 saturated heterocycles. The monoisotopic (exact) mass is 539 g/mol. The minimum Gasteiger partial charge on any atom is -0.486 e. The third kappa shape index (κ3) is 5.46. The number of aryl methyl sites for hydroxylation is 1. The fourth-order valence-electron chi connectivity index (χ4n) is 4.02. The molecule has 0 spiro atoms. The van der Waals surface area contributed by atoms with Gasteiger partial charge in [-0.3, -0.25) is 9.21 Å². The molecule has 0 bridgehead atoms. The third-order valence-electron chi connectivity index (χ3n) is 6.23. The number of ether oxygens (including phenoxy) is 1. The van der Waals surface area contributed by atoms with Crippen molar-refractivity contribution in [2.45, 2.75) is 63.8 Å². The summed E-state index contributed by atoms with van der Waals surface area (Å²) in [6, 6.07) is 11.6. The number of hydrogen-bond acceptors (Lipinski definition) is 5. The van der Waals surface area contributed by atoms with Gasteiger partial charge >= 0.3 is 12.3 Å². The van der Waals surface area contributed by atoms with Crippen molar-refractivity contribution in [1.29, 1.82) is 5.26 Å². The summed E-state index contributed by atoms with van der Waals surface area (Å²) in [5.41, 5.74) is -3.32. The van der Waals surface area contributed by atoms with E-state index in [0.717, 1.165) is 35.8 Å². The van der Waals surface area contributed by atoms with Gasteiger partial charge in [0.05, 0.1) is 34.3 Å². The molecule has 12 heteroatoms. The van der Waals surface area contributed by atoms with Gasteiger partial charge < -0.3 is 9.84 Å².